The van der Waals surface area contributed by atoms with Crippen molar-refractivity contribution in [3.8, 4) is 0 Å². The Balaban J connectivity index is 2.38. The summed E-state index contributed by atoms with van der Waals surface area (Å²) in [6, 6.07) is -0.972. The van der Waals surface area contributed by atoms with Gasteiger partial charge in [-0.25, -0.2) is 0 Å². The third kappa shape index (κ3) is 9.52. The van der Waals surface area contributed by atoms with Crippen LogP contribution in [0.1, 0.15) is 46.5 Å². The molecule has 0 bridgehead atoms. The summed E-state index contributed by atoms with van der Waals surface area (Å²) in [6.07, 6.45) is -1.65. The number of aliphatic hydroxyl groups is 2. The van der Waals surface area contributed by atoms with Crippen molar-refractivity contribution in [2.45, 2.75) is 77.1 Å². The number of azide groups is 1. The summed E-state index contributed by atoms with van der Waals surface area (Å²) in [5.74, 6) is -2.15. The molecule has 1 fully saturated rings. The van der Waals surface area contributed by atoms with Gasteiger partial charge in [0.15, 0.2) is 6.29 Å². The van der Waals surface area contributed by atoms with Crippen molar-refractivity contribution >= 4 is 17.7 Å². The van der Waals surface area contributed by atoms with E-state index in [9.17, 15) is 24.6 Å². The molecule has 1 aliphatic heterocycles. The summed E-state index contributed by atoms with van der Waals surface area (Å²) in [7, 11) is 0. The number of nitrogens with one attached hydrogen (secondary N) is 2. The number of primary amides is 1. The van der Waals surface area contributed by atoms with Crippen molar-refractivity contribution in [3.63, 3.8) is 0 Å². The van der Waals surface area contributed by atoms with Crippen molar-refractivity contribution in [1.29, 1.82) is 0 Å². The molecule has 0 aromatic carbocycles. The van der Waals surface area contributed by atoms with E-state index in [1.54, 1.807) is 13.8 Å². The second kappa shape index (κ2) is 14.7. The van der Waals surface area contributed by atoms with Crippen LogP contribution in [0.2, 0.25) is 0 Å². The molecule has 0 aromatic heterocycles. The lowest BCUT2D eigenvalue weighted by Crippen LogP contribution is -2.64. The number of ether oxygens (including phenoxy) is 2. The Labute approximate surface area is 193 Å². The Bertz CT molecular complexity index is 702. The summed E-state index contributed by atoms with van der Waals surface area (Å²) in [5.41, 5.74) is 13.7. The van der Waals surface area contributed by atoms with Crippen molar-refractivity contribution in [2.75, 3.05) is 19.7 Å². The van der Waals surface area contributed by atoms with E-state index in [1.165, 1.54) is 6.92 Å². The second-order valence-electron chi connectivity index (χ2n) is 8.22. The predicted octanol–water partition coefficient (Wildman–Crippen LogP) is -0.301. The maximum atomic E-state index is 12.0. The average Bonchev–Trinajstić information content (AvgIpc) is 2.77. The van der Waals surface area contributed by atoms with E-state index in [-0.39, 0.29) is 19.1 Å². The van der Waals surface area contributed by atoms with Crippen molar-refractivity contribution in [1.82, 2.24) is 10.6 Å². The molecule has 3 amide bonds. The molecule has 13 nitrogen and oxygen atoms in total. The largest absolute Gasteiger partial charge is 0.388 e. The van der Waals surface area contributed by atoms with Gasteiger partial charge in [0.1, 0.15) is 18.2 Å². The van der Waals surface area contributed by atoms with Gasteiger partial charge < -0.3 is 36.1 Å². The minimum atomic E-state index is -1.35. The van der Waals surface area contributed by atoms with E-state index >= 15 is 0 Å². The summed E-state index contributed by atoms with van der Waals surface area (Å²) < 4.78 is 11.3. The molecule has 33 heavy (non-hydrogen) atoms. The minimum absolute atomic E-state index is 0.191. The summed E-state index contributed by atoms with van der Waals surface area (Å²) >= 11 is 0. The zero-order valence-electron chi connectivity index (χ0n) is 19.3. The lowest BCUT2D eigenvalue weighted by molar-refractivity contribution is -0.262. The van der Waals surface area contributed by atoms with Gasteiger partial charge in [0.25, 0.3) is 0 Å². The van der Waals surface area contributed by atoms with E-state index in [0.717, 1.165) is 19.3 Å². The molecule has 0 spiro atoms. The van der Waals surface area contributed by atoms with E-state index in [0.29, 0.717) is 13.0 Å². The number of hydrogen-bond acceptors (Lipinski definition) is 8. The fourth-order valence-electron chi connectivity index (χ4n) is 3.36. The van der Waals surface area contributed by atoms with E-state index in [1.807, 2.05) is 0 Å². The van der Waals surface area contributed by atoms with Gasteiger partial charge in [-0.3, -0.25) is 14.4 Å². The molecule has 0 aliphatic carbocycles. The number of unbranched alkanes of at least 4 members (excludes halogenated alkanes) is 3. The third-order valence-electron chi connectivity index (χ3n) is 5.66. The van der Waals surface area contributed by atoms with Crippen LogP contribution in [-0.4, -0.2) is 78.3 Å². The number of hydrogen-bond donors (Lipinski definition) is 5. The molecule has 6 N–H and O–H groups in total. The summed E-state index contributed by atoms with van der Waals surface area (Å²) in [4.78, 5) is 37.3. The van der Waals surface area contributed by atoms with Crippen molar-refractivity contribution < 1.29 is 34.1 Å². The summed E-state index contributed by atoms with van der Waals surface area (Å²) in [6.45, 7) is 5.13. The number of nitrogens with zero attached hydrogens (tertiary/aromatic N) is 3. The van der Waals surface area contributed by atoms with Crippen LogP contribution in [-0.2, 0) is 23.9 Å². The Morgan fingerprint density at radius 3 is 2.42 bits per heavy atom. The van der Waals surface area contributed by atoms with Gasteiger partial charge in [-0.05, 0) is 18.4 Å². The second-order valence-corrected chi connectivity index (χ2v) is 8.22. The van der Waals surface area contributed by atoms with Crippen molar-refractivity contribution in [2.24, 2.45) is 22.7 Å². The van der Waals surface area contributed by atoms with E-state index < -0.39 is 54.3 Å². The normalized spacial score (nSPS) is 26.5. The zero-order valence-corrected chi connectivity index (χ0v) is 19.3. The average molecular weight is 473 g/mol. The number of amides is 3. The van der Waals surface area contributed by atoms with Crippen LogP contribution >= 0.6 is 0 Å². The van der Waals surface area contributed by atoms with Gasteiger partial charge in [0, 0.05) is 36.8 Å². The minimum Gasteiger partial charge on any atom is -0.388 e. The molecule has 13 heteroatoms. The van der Waals surface area contributed by atoms with Crippen LogP contribution in [0.3, 0.4) is 0 Å². The number of carbonyl (C=O) groups is 3. The zero-order chi connectivity index (χ0) is 25.0. The molecule has 0 radical (unpaired) electrons. The molecule has 0 aromatic rings. The molecule has 188 valence electrons. The first-order valence-corrected chi connectivity index (χ1v) is 11.1. The Morgan fingerprint density at radius 2 is 1.82 bits per heavy atom. The highest BCUT2D eigenvalue weighted by molar-refractivity contribution is 5.86. The highest BCUT2D eigenvalue weighted by Crippen LogP contribution is 2.23. The molecule has 7 atom stereocenters. The topological polar surface area (TPSA) is 209 Å². The monoisotopic (exact) mass is 472 g/mol. The molecular formula is C20H36N6O7. The van der Waals surface area contributed by atoms with E-state index in [4.69, 9.17) is 20.7 Å². The molecular weight excluding hydrogens is 436 g/mol. The van der Waals surface area contributed by atoms with Crippen LogP contribution in [0.4, 0.5) is 0 Å². The first kappa shape index (κ1) is 28.6. The van der Waals surface area contributed by atoms with Gasteiger partial charge in [-0.2, -0.15) is 0 Å². The number of nitrogens with two attached hydrogens (primary N) is 1. The quantitative estimate of drug-likeness (QED) is 0.0985. The maximum Gasteiger partial charge on any atom is 0.223 e. The van der Waals surface area contributed by atoms with Gasteiger partial charge in [0.05, 0.1) is 12.6 Å². The molecule has 1 saturated heterocycles. The number of rotatable bonds is 14. The van der Waals surface area contributed by atoms with Gasteiger partial charge >= 0.3 is 0 Å². The van der Waals surface area contributed by atoms with Gasteiger partial charge in [0.2, 0.25) is 17.7 Å². The highest BCUT2D eigenvalue weighted by Gasteiger charge is 2.45. The molecule has 1 aliphatic rings. The fraction of sp³-hybridized carbons (Fsp3) is 0.850. The standard InChI is InChI=1S/C20H36N6O7/c1-11(18(21)30)12(2)19(31)23-8-6-4-5-7-9-32-20-15(25-13(3)27)17(29)16(28)14(33-20)10-24-26-22/h11-12,14-17,20,28-29H,4-10H2,1-3H3,(H2,21,30)(H,23,31)(H,25,27). The smallest absolute Gasteiger partial charge is 0.223 e. The van der Waals surface area contributed by atoms with Gasteiger partial charge in [-0.15, -0.1) is 0 Å². The van der Waals surface area contributed by atoms with Crippen LogP contribution in [0, 0.1) is 11.8 Å². The first-order valence-electron chi connectivity index (χ1n) is 11.1. The summed E-state index contributed by atoms with van der Waals surface area (Å²) in [5, 5.41) is 29.2. The molecule has 0 saturated carbocycles. The van der Waals surface area contributed by atoms with E-state index in [2.05, 4.69) is 20.7 Å². The van der Waals surface area contributed by atoms with Crippen LogP contribution in [0.15, 0.2) is 5.11 Å². The maximum absolute atomic E-state index is 12.0. The Morgan fingerprint density at radius 1 is 1.15 bits per heavy atom. The molecule has 1 heterocycles. The van der Waals surface area contributed by atoms with Crippen LogP contribution < -0.4 is 16.4 Å². The molecule has 1 rings (SSSR count). The molecule has 7 unspecified atom stereocenters. The first-order chi connectivity index (χ1) is 15.6. The SMILES string of the molecule is CC(=O)NC1C(OCCCCCCNC(=O)C(C)C(C)C(N)=O)OC(CN=[N+]=[N-])C(O)C1O. The highest BCUT2D eigenvalue weighted by atomic mass is 16.7. The lowest BCUT2D eigenvalue weighted by Gasteiger charge is -2.42. The van der Waals surface area contributed by atoms with Crippen LogP contribution in [0.25, 0.3) is 10.4 Å². The number of carbonyl (C=O) groups excluding carboxylic acids is 3. The fourth-order valence-corrected chi connectivity index (χ4v) is 3.36. The van der Waals surface area contributed by atoms with Crippen molar-refractivity contribution in [3.05, 3.63) is 10.4 Å². The number of aliphatic hydroxyl groups excluding tert-OH is 2. The van der Waals surface area contributed by atoms with Gasteiger partial charge in [-0.1, -0.05) is 31.8 Å². The van der Waals surface area contributed by atoms with Crippen LogP contribution in [0.5, 0.6) is 0 Å². The Hall–Kier alpha value is -2.44. The predicted molar refractivity (Wildman–Crippen MR) is 117 cm³/mol. The Kier molecular flexibility index (Phi) is 12.7. The third-order valence-corrected chi connectivity index (χ3v) is 5.66. The lowest BCUT2D eigenvalue weighted by atomic mass is 9.94.